The van der Waals surface area contributed by atoms with Crippen LogP contribution >= 0.6 is 0 Å². The molecular weight excluding hydrogens is 176 g/mol. The average molecular weight is 198 g/mol. The number of carbonyl (C=O) groups excluding carboxylic acids is 1. The second-order valence-electron chi connectivity index (χ2n) is 4.51. The molecule has 0 spiro atoms. The quantitative estimate of drug-likeness (QED) is 0.740. The summed E-state index contributed by atoms with van der Waals surface area (Å²) in [6.45, 7) is 9.30. The third-order valence-electron chi connectivity index (χ3n) is 3.02. The maximum atomic E-state index is 10.7. The molecule has 0 aromatic heterocycles. The van der Waals surface area contributed by atoms with Crippen molar-refractivity contribution in [3.8, 4) is 0 Å². The van der Waals surface area contributed by atoms with Crippen molar-refractivity contribution in [2.24, 2.45) is 5.92 Å². The molecule has 0 unspecified atom stereocenters. The Morgan fingerprint density at radius 1 is 1.43 bits per heavy atom. The van der Waals surface area contributed by atoms with Crippen LogP contribution in [0.3, 0.4) is 0 Å². The zero-order valence-electron chi connectivity index (χ0n) is 9.55. The Hall–Kier alpha value is -0.570. The smallest absolute Gasteiger partial charge is 0.216 e. The van der Waals surface area contributed by atoms with E-state index in [0.717, 1.165) is 6.54 Å². The molecule has 0 aromatic carbocycles. The summed E-state index contributed by atoms with van der Waals surface area (Å²) in [5.74, 6) is 0.783. The van der Waals surface area contributed by atoms with Crippen molar-refractivity contribution in [2.45, 2.75) is 39.7 Å². The van der Waals surface area contributed by atoms with Crippen LogP contribution in [0, 0.1) is 5.92 Å². The van der Waals surface area contributed by atoms with Crippen molar-refractivity contribution < 1.29 is 4.79 Å². The summed E-state index contributed by atoms with van der Waals surface area (Å²) in [5, 5.41) is 2.90. The Kier molecular flexibility index (Phi) is 4.39. The van der Waals surface area contributed by atoms with Crippen molar-refractivity contribution in [2.75, 3.05) is 19.6 Å². The van der Waals surface area contributed by atoms with E-state index < -0.39 is 0 Å². The van der Waals surface area contributed by atoms with Crippen LogP contribution in [0.4, 0.5) is 0 Å². The molecule has 1 heterocycles. The van der Waals surface area contributed by atoms with Crippen LogP contribution in [0.25, 0.3) is 0 Å². The summed E-state index contributed by atoms with van der Waals surface area (Å²) in [6.07, 6.45) is 2.44. The molecule has 0 bridgehead atoms. The topological polar surface area (TPSA) is 32.3 Å². The van der Waals surface area contributed by atoms with E-state index in [1.54, 1.807) is 6.92 Å². The molecule has 0 radical (unpaired) electrons. The number of rotatable bonds is 3. The van der Waals surface area contributed by atoms with Crippen LogP contribution in [-0.2, 0) is 4.79 Å². The number of amides is 1. The highest BCUT2D eigenvalue weighted by atomic mass is 16.1. The van der Waals surface area contributed by atoms with Gasteiger partial charge in [0.2, 0.25) is 5.91 Å². The molecule has 0 atom stereocenters. The minimum absolute atomic E-state index is 0.0938. The van der Waals surface area contributed by atoms with E-state index in [1.165, 1.54) is 25.9 Å². The minimum Gasteiger partial charge on any atom is -0.356 e. The number of piperidine rings is 1. The molecule has 1 aliphatic heterocycles. The molecule has 0 saturated carbocycles. The van der Waals surface area contributed by atoms with E-state index >= 15 is 0 Å². The van der Waals surface area contributed by atoms with E-state index in [0.29, 0.717) is 12.0 Å². The lowest BCUT2D eigenvalue weighted by atomic mass is 9.96. The first-order valence-corrected chi connectivity index (χ1v) is 5.58. The van der Waals surface area contributed by atoms with Crippen LogP contribution < -0.4 is 5.32 Å². The van der Waals surface area contributed by atoms with Gasteiger partial charge in [0.25, 0.3) is 0 Å². The number of nitrogens with zero attached hydrogens (tertiary/aromatic N) is 1. The van der Waals surface area contributed by atoms with Gasteiger partial charge in [-0.1, -0.05) is 0 Å². The summed E-state index contributed by atoms with van der Waals surface area (Å²) in [7, 11) is 0. The first-order chi connectivity index (χ1) is 6.59. The molecule has 1 aliphatic rings. The summed E-state index contributed by atoms with van der Waals surface area (Å²) >= 11 is 0. The largest absolute Gasteiger partial charge is 0.356 e. The lowest BCUT2D eigenvalue weighted by molar-refractivity contribution is -0.119. The molecule has 82 valence electrons. The van der Waals surface area contributed by atoms with Crippen molar-refractivity contribution in [1.82, 2.24) is 10.2 Å². The average Bonchev–Trinajstić information content (AvgIpc) is 2.15. The van der Waals surface area contributed by atoms with Crippen molar-refractivity contribution >= 4 is 5.91 Å². The first-order valence-electron chi connectivity index (χ1n) is 5.58. The van der Waals surface area contributed by atoms with Gasteiger partial charge in [0.05, 0.1) is 0 Å². The maximum Gasteiger partial charge on any atom is 0.216 e. The van der Waals surface area contributed by atoms with E-state index in [1.807, 2.05) is 0 Å². The van der Waals surface area contributed by atoms with Gasteiger partial charge >= 0.3 is 0 Å². The van der Waals surface area contributed by atoms with E-state index in [-0.39, 0.29) is 5.91 Å². The maximum absolute atomic E-state index is 10.7. The summed E-state index contributed by atoms with van der Waals surface area (Å²) in [4.78, 5) is 13.2. The Bertz CT molecular complexity index is 184. The highest BCUT2D eigenvalue weighted by molar-refractivity contribution is 5.72. The highest BCUT2D eigenvalue weighted by Gasteiger charge is 2.20. The van der Waals surface area contributed by atoms with Crippen molar-refractivity contribution in [3.63, 3.8) is 0 Å². The fraction of sp³-hybridized carbons (Fsp3) is 0.909. The van der Waals surface area contributed by atoms with Crippen LogP contribution in [0.5, 0.6) is 0 Å². The van der Waals surface area contributed by atoms with Crippen LogP contribution in [0.2, 0.25) is 0 Å². The molecule has 14 heavy (non-hydrogen) atoms. The molecule has 3 heteroatoms. The lowest BCUT2D eigenvalue weighted by Crippen LogP contribution is -2.41. The first kappa shape index (κ1) is 11.5. The number of hydrogen-bond donors (Lipinski definition) is 1. The van der Waals surface area contributed by atoms with Crippen molar-refractivity contribution in [3.05, 3.63) is 0 Å². The Morgan fingerprint density at radius 2 is 2.00 bits per heavy atom. The number of likely N-dealkylation sites (tertiary alicyclic amines) is 1. The van der Waals surface area contributed by atoms with Gasteiger partial charge in [0.1, 0.15) is 0 Å². The number of nitrogens with one attached hydrogen (secondary N) is 1. The lowest BCUT2D eigenvalue weighted by Gasteiger charge is -2.34. The normalized spacial score (nSPS) is 20.0. The van der Waals surface area contributed by atoms with Gasteiger partial charge in [0.15, 0.2) is 0 Å². The van der Waals surface area contributed by atoms with E-state index in [4.69, 9.17) is 0 Å². The summed E-state index contributed by atoms with van der Waals surface area (Å²) in [6, 6.07) is 0.664. The molecule has 1 saturated heterocycles. The molecule has 1 N–H and O–H groups in total. The van der Waals surface area contributed by atoms with Gasteiger partial charge in [-0.15, -0.1) is 0 Å². The van der Waals surface area contributed by atoms with Gasteiger partial charge in [-0.05, 0) is 45.7 Å². The molecule has 1 fully saturated rings. The summed E-state index contributed by atoms with van der Waals surface area (Å²) in [5.41, 5.74) is 0. The monoisotopic (exact) mass is 198 g/mol. The molecular formula is C11H22N2O. The SMILES string of the molecule is CC(=O)NCC1CCN(C(C)C)CC1. The zero-order valence-corrected chi connectivity index (χ0v) is 9.55. The fourth-order valence-corrected chi connectivity index (χ4v) is 1.96. The number of carbonyl (C=O) groups is 1. The van der Waals surface area contributed by atoms with Crippen molar-refractivity contribution in [1.29, 1.82) is 0 Å². The molecule has 0 aliphatic carbocycles. The predicted molar refractivity (Wildman–Crippen MR) is 58.1 cm³/mol. The number of hydrogen-bond acceptors (Lipinski definition) is 2. The fourth-order valence-electron chi connectivity index (χ4n) is 1.96. The molecule has 0 aromatic rings. The van der Waals surface area contributed by atoms with E-state index in [2.05, 4.69) is 24.1 Å². The standard InChI is InChI=1S/C11H22N2O/c1-9(2)13-6-4-11(5-7-13)8-12-10(3)14/h9,11H,4-8H2,1-3H3,(H,12,14). The Labute approximate surface area is 86.9 Å². The Balaban J connectivity index is 2.19. The van der Waals surface area contributed by atoms with Crippen LogP contribution in [0.1, 0.15) is 33.6 Å². The third-order valence-corrected chi connectivity index (χ3v) is 3.02. The second-order valence-corrected chi connectivity index (χ2v) is 4.51. The van der Waals surface area contributed by atoms with Gasteiger partial charge in [-0.25, -0.2) is 0 Å². The summed E-state index contributed by atoms with van der Waals surface area (Å²) < 4.78 is 0. The molecule has 1 amide bonds. The van der Waals surface area contributed by atoms with Gasteiger partial charge in [0, 0.05) is 19.5 Å². The van der Waals surface area contributed by atoms with Crippen LogP contribution in [-0.4, -0.2) is 36.5 Å². The molecule has 3 nitrogen and oxygen atoms in total. The Morgan fingerprint density at radius 3 is 2.43 bits per heavy atom. The third kappa shape index (κ3) is 3.66. The van der Waals surface area contributed by atoms with Gasteiger partial charge < -0.3 is 10.2 Å². The minimum atomic E-state index is 0.0938. The zero-order chi connectivity index (χ0) is 10.6. The second kappa shape index (κ2) is 5.35. The predicted octanol–water partition coefficient (Wildman–Crippen LogP) is 1.24. The molecule has 1 rings (SSSR count). The highest BCUT2D eigenvalue weighted by Crippen LogP contribution is 2.17. The van der Waals surface area contributed by atoms with Gasteiger partial charge in [-0.3, -0.25) is 4.79 Å². The van der Waals surface area contributed by atoms with Gasteiger partial charge in [-0.2, -0.15) is 0 Å². The van der Waals surface area contributed by atoms with E-state index in [9.17, 15) is 4.79 Å². The van der Waals surface area contributed by atoms with Crippen LogP contribution in [0.15, 0.2) is 0 Å².